The van der Waals surface area contributed by atoms with Crippen LogP contribution in [0.3, 0.4) is 0 Å². The van der Waals surface area contributed by atoms with Crippen LogP contribution in [0, 0.1) is 0 Å². The van der Waals surface area contributed by atoms with Crippen molar-refractivity contribution in [3.63, 3.8) is 0 Å². The molecule has 0 atom stereocenters. The van der Waals surface area contributed by atoms with Crippen LogP contribution in [0.2, 0.25) is 0 Å². The summed E-state index contributed by atoms with van der Waals surface area (Å²) in [7, 11) is 0. The van der Waals surface area contributed by atoms with Gasteiger partial charge in [-0.15, -0.1) is 0 Å². The van der Waals surface area contributed by atoms with Crippen LogP contribution in [0.4, 0.5) is 0 Å². The fourth-order valence-corrected chi connectivity index (χ4v) is 8.53. The Hall–Kier alpha value is -7.63. The Balaban J connectivity index is 1.18. The summed E-state index contributed by atoms with van der Waals surface area (Å²) < 4.78 is 13.2. The van der Waals surface area contributed by atoms with E-state index in [0.717, 1.165) is 98.4 Å². The standard InChI is InChI=1S/C51H29N3O2/c1-2-12-30(13-3-1)33-26-27-35-36-18-10-19-40(46(36)48-47(41(35)29-33)38-17-7-9-22-43(38)56-48)51-53-49(34-25-24-31-14-4-5-15-32(31)28-34)52-50(54-51)39-20-11-23-44-45(39)37-16-6-8-21-42(37)55-44/h1-29H. The maximum atomic E-state index is 6.87. The van der Waals surface area contributed by atoms with Gasteiger partial charge in [0, 0.05) is 43.6 Å². The van der Waals surface area contributed by atoms with Crippen molar-refractivity contribution < 1.29 is 8.83 Å². The number of hydrogen-bond donors (Lipinski definition) is 0. The number of benzene rings is 9. The number of para-hydroxylation sites is 2. The van der Waals surface area contributed by atoms with E-state index in [-0.39, 0.29) is 0 Å². The molecule has 0 aliphatic rings. The monoisotopic (exact) mass is 715 g/mol. The van der Waals surface area contributed by atoms with Crippen LogP contribution in [0.25, 0.3) is 121 Å². The Morgan fingerprint density at radius 1 is 0.304 bits per heavy atom. The van der Waals surface area contributed by atoms with Gasteiger partial charge in [0.15, 0.2) is 17.5 Å². The van der Waals surface area contributed by atoms with Crippen LogP contribution < -0.4 is 0 Å². The second-order valence-electron chi connectivity index (χ2n) is 14.3. The van der Waals surface area contributed by atoms with Crippen LogP contribution in [0.1, 0.15) is 0 Å². The number of fused-ring (bicyclic) bond motifs is 12. The summed E-state index contributed by atoms with van der Waals surface area (Å²) in [5, 5.41) is 10.7. The van der Waals surface area contributed by atoms with E-state index in [2.05, 4.69) is 133 Å². The molecule has 260 valence electrons. The molecule has 56 heavy (non-hydrogen) atoms. The topological polar surface area (TPSA) is 65.0 Å². The molecule has 0 amide bonds. The van der Waals surface area contributed by atoms with Crippen LogP contribution in [-0.2, 0) is 0 Å². The first-order valence-electron chi connectivity index (χ1n) is 18.8. The summed E-state index contributed by atoms with van der Waals surface area (Å²) in [6.45, 7) is 0. The van der Waals surface area contributed by atoms with Crippen LogP contribution in [-0.4, -0.2) is 15.0 Å². The molecule has 0 spiro atoms. The van der Waals surface area contributed by atoms with Gasteiger partial charge >= 0.3 is 0 Å². The Morgan fingerprint density at radius 3 is 1.73 bits per heavy atom. The van der Waals surface area contributed by atoms with Crippen molar-refractivity contribution in [3.05, 3.63) is 176 Å². The van der Waals surface area contributed by atoms with E-state index in [0.29, 0.717) is 17.5 Å². The molecule has 5 nitrogen and oxygen atoms in total. The molecule has 12 aromatic rings. The average Bonchev–Trinajstić information content (AvgIpc) is 3.85. The van der Waals surface area contributed by atoms with Crippen LogP contribution in [0.5, 0.6) is 0 Å². The summed E-state index contributed by atoms with van der Waals surface area (Å²) in [5.74, 6) is 1.73. The molecule has 3 aromatic heterocycles. The summed E-state index contributed by atoms with van der Waals surface area (Å²) in [4.78, 5) is 15.9. The molecule has 0 saturated heterocycles. The Kier molecular flexibility index (Phi) is 6.56. The minimum absolute atomic E-state index is 0.565. The maximum absolute atomic E-state index is 6.87. The largest absolute Gasteiger partial charge is 0.456 e. The molecule has 0 bridgehead atoms. The van der Waals surface area contributed by atoms with Crippen LogP contribution in [0.15, 0.2) is 185 Å². The van der Waals surface area contributed by atoms with Gasteiger partial charge in [-0.2, -0.15) is 0 Å². The van der Waals surface area contributed by atoms with Gasteiger partial charge in [-0.1, -0.05) is 146 Å². The van der Waals surface area contributed by atoms with Gasteiger partial charge in [-0.05, 0) is 68.4 Å². The summed E-state index contributed by atoms with van der Waals surface area (Å²) in [5.41, 5.74) is 8.24. The average molecular weight is 716 g/mol. The van der Waals surface area contributed by atoms with Crippen molar-refractivity contribution in [2.24, 2.45) is 0 Å². The van der Waals surface area contributed by atoms with Gasteiger partial charge < -0.3 is 8.83 Å². The van der Waals surface area contributed by atoms with E-state index >= 15 is 0 Å². The second kappa shape index (κ2) is 11.9. The molecule has 5 heteroatoms. The molecule has 0 saturated carbocycles. The van der Waals surface area contributed by atoms with Gasteiger partial charge in [-0.25, -0.2) is 15.0 Å². The quantitative estimate of drug-likeness (QED) is 0.170. The van der Waals surface area contributed by atoms with Gasteiger partial charge in [0.2, 0.25) is 0 Å². The smallest absolute Gasteiger partial charge is 0.164 e. The molecule has 0 aliphatic carbocycles. The molecular weight excluding hydrogens is 687 g/mol. The molecule has 0 radical (unpaired) electrons. The first kappa shape index (κ1) is 30.8. The Bertz CT molecular complexity index is 3550. The summed E-state index contributed by atoms with van der Waals surface area (Å²) in [6, 6.07) is 60.9. The highest BCUT2D eigenvalue weighted by molar-refractivity contribution is 6.32. The second-order valence-corrected chi connectivity index (χ2v) is 14.3. The van der Waals surface area contributed by atoms with Crippen molar-refractivity contribution in [1.29, 1.82) is 0 Å². The predicted molar refractivity (Wildman–Crippen MR) is 229 cm³/mol. The highest BCUT2D eigenvalue weighted by Crippen LogP contribution is 2.45. The molecule has 3 heterocycles. The van der Waals surface area contributed by atoms with E-state index in [1.807, 2.05) is 42.5 Å². The molecule has 0 N–H and O–H groups in total. The van der Waals surface area contributed by atoms with E-state index in [1.165, 1.54) is 5.56 Å². The van der Waals surface area contributed by atoms with Gasteiger partial charge in [0.25, 0.3) is 0 Å². The highest BCUT2D eigenvalue weighted by atomic mass is 16.3. The lowest BCUT2D eigenvalue weighted by molar-refractivity contribution is 0.669. The molecule has 0 aliphatic heterocycles. The minimum Gasteiger partial charge on any atom is -0.456 e. The zero-order valence-electron chi connectivity index (χ0n) is 29.9. The number of aromatic nitrogens is 3. The zero-order chi connectivity index (χ0) is 36.7. The lowest BCUT2D eigenvalue weighted by Gasteiger charge is -2.14. The highest BCUT2D eigenvalue weighted by Gasteiger charge is 2.23. The molecule has 0 fully saturated rings. The first-order valence-corrected chi connectivity index (χ1v) is 18.8. The maximum Gasteiger partial charge on any atom is 0.164 e. The third-order valence-corrected chi connectivity index (χ3v) is 11.1. The molecule has 12 rings (SSSR count). The van der Waals surface area contributed by atoms with E-state index in [4.69, 9.17) is 23.8 Å². The zero-order valence-corrected chi connectivity index (χ0v) is 29.9. The summed E-state index contributed by atoms with van der Waals surface area (Å²) in [6.07, 6.45) is 0. The van der Waals surface area contributed by atoms with Gasteiger partial charge in [-0.3, -0.25) is 0 Å². The molecule has 9 aromatic carbocycles. The Morgan fingerprint density at radius 2 is 0.911 bits per heavy atom. The lowest BCUT2D eigenvalue weighted by Crippen LogP contribution is -2.01. The molecule has 0 unspecified atom stereocenters. The predicted octanol–water partition coefficient (Wildman–Crippen LogP) is 13.8. The Labute approximate surface area is 320 Å². The third kappa shape index (κ3) is 4.64. The van der Waals surface area contributed by atoms with Gasteiger partial charge in [0.05, 0.1) is 0 Å². The molecular formula is C51H29N3O2. The summed E-state index contributed by atoms with van der Waals surface area (Å²) >= 11 is 0. The number of rotatable bonds is 4. The minimum atomic E-state index is 0.565. The number of nitrogens with zero attached hydrogens (tertiary/aromatic N) is 3. The van der Waals surface area contributed by atoms with Crippen molar-refractivity contribution in [2.45, 2.75) is 0 Å². The third-order valence-electron chi connectivity index (χ3n) is 11.1. The fourth-order valence-electron chi connectivity index (χ4n) is 8.53. The fraction of sp³-hybridized carbons (Fsp3) is 0. The van der Waals surface area contributed by atoms with Crippen molar-refractivity contribution in [3.8, 4) is 45.3 Å². The van der Waals surface area contributed by atoms with E-state index < -0.39 is 0 Å². The van der Waals surface area contributed by atoms with Crippen molar-refractivity contribution in [2.75, 3.05) is 0 Å². The number of hydrogen-bond acceptors (Lipinski definition) is 5. The normalized spacial score (nSPS) is 11.9. The number of furan rings is 2. The first-order chi connectivity index (χ1) is 27.7. The van der Waals surface area contributed by atoms with Gasteiger partial charge in [0.1, 0.15) is 22.3 Å². The SMILES string of the molecule is c1ccc(-c2ccc3c4cccc(-c5nc(-c6ccc7ccccc7c6)nc(-c6cccc7oc8ccccc8c67)n5)c4c4oc5ccccc5c4c3c2)cc1. The van der Waals surface area contributed by atoms with E-state index in [9.17, 15) is 0 Å². The van der Waals surface area contributed by atoms with Crippen molar-refractivity contribution in [1.82, 2.24) is 15.0 Å². The van der Waals surface area contributed by atoms with E-state index in [1.54, 1.807) is 0 Å². The van der Waals surface area contributed by atoms with Crippen LogP contribution >= 0.6 is 0 Å². The van der Waals surface area contributed by atoms with Crippen molar-refractivity contribution >= 4 is 76.2 Å². The lowest BCUT2D eigenvalue weighted by atomic mass is 9.92.